The quantitative estimate of drug-likeness (QED) is 0.777. The van der Waals surface area contributed by atoms with E-state index < -0.39 is 0 Å². The molecule has 1 unspecified atom stereocenters. The molecule has 0 aromatic heterocycles. The highest BCUT2D eigenvalue weighted by molar-refractivity contribution is 9.10. The summed E-state index contributed by atoms with van der Waals surface area (Å²) in [6, 6.07) is 6.02. The van der Waals surface area contributed by atoms with Crippen LogP contribution in [0.1, 0.15) is 43.0 Å². The van der Waals surface area contributed by atoms with Gasteiger partial charge >= 0.3 is 0 Å². The molecule has 0 saturated carbocycles. The zero-order chi connectivity index (χ0) is 13.0. The van der Waals surface area contributed by atoms with Crippen molar-refractivity contribution in [2.45, 2.75) is 32.6 Å². The van der Waals surface area contributed by atoms with Gasteiger partial charge in [-0.05, 0) is 59.3 Å². The molecule has 1 aliphatic heterocycles. The number of hydrogen-bond donors (Lipinski definition) is 0. The van der Waals surface area contributed by atoms with Crippen LogP contribution >= 0.6 is 15.9 Å². The predicted molar refractivity (Wildman–Crippen MR) is 79.4 cm³/mol. The monoisotopic (exact) mass is 309 g/mol. The minimum absolute atomic E-state index is 0.722. The van der Waals surface area contributed by atoms with Crippen LogP contribution < -0.4 is 4.90 Å². The standard InChI is InChI=1S/C15H20BrNO/c1-2-12-4-3-8-17(9-7-12)14-6-5-13(11-18)15(16)10-14/h5-6,10-12H,2-4,7-9H2,1H3. The molecule has 1 heterocycles. The maximum atomic E-state index is 10.8. The minimum atomic E-state index is 0.722. The molecule has 0 spiro atoms. The molecule has 0 radical (unpaired) electrons. The molecule has 2 nitrogen and oxygen atoms in total. The van der Waals surface area contributed by atoms with Gasteiger partial charge in [0.05, 0.1) is 0 Å². The lowest BCUT2D eigenvalue weighted by molar-refractivity contribution is 0.112. The molecule has 0 N–H and O–H groups in total. The van der Waals surface area contributed by atoms with Gasteiger partial charge in [-0.15, -0.1) is 0 Å². The number of benzene rings is 1. The minimum Gasteiger partial charge on any atom is -0.371 e. The van der Waals surface area contributed by atoms with Gasteiger partial charge in [0.1, 0.15) is 0 Å². The van der Waals surface area contributed by atoms with Crippen LogP contribution in [0, 0.1) is 5.92 Å². The van der Waals surface area contributed by atoms with Gasteiger partial charge in [0.15, 0.2) is 6.29 Å². The van der Waals surface area contributed by atoms with Gasteiger partial charge in [-0.3, -0.25) is 4.79 Å². The maximum Gasteiger partial charge on any atom is 0.151 e. The van der Waals surface area contributed by atoms with Gasteiger partial charge in [-0.25, -0.2) is 0 Å². The fourth-order valence-electron chi connectivity index (χ4n) is 2.64. The molecule has 1 aromatic carbocycles. The highest BCUT2D eigenvalue weighted by Crippen LogP contribution is 2.27. The van der Waals surface area contributed by atoms with Crippen LogP contribution in [0.5, 0.6) is 0 Å². The molecule has 0 aliphatic carbocycles. The summed E-state index contributed by atoms with van der Waals surface area (Å²) in [6.07, 6.45) is 6.08. The first kappa shape index (κ1) is 13.6. The summed E-state index contributed by atoms with van der Waals surface area (Å²) in [4.78, 5) is 13.2. The Morgan fingerprint density at radius 2 is 2.22 bits per heavy atom. The van der Waals surface area contributed by atoms with Gasteiger partial charge in [0.2, 0.25) is 0 Å². The summed E-state index contributed by atoms with van der Waals surface area (Å²) in [7, 11) is 0. The smallest absolute Gasteiger partial charge is 0.151 e. The third-order valence-electron chi connectivity index (χ3n) is 3.90. The van der Waals surface area contributed by atoms with Crippen molar-refractivity contribution in [3.05, 3.63) is 28.2 Å². The van der Waals surface area contributed by atoms with Crippen molar-refractivity contribution < 1.29 is 4.79 Å². The van der Waals surface area contributed by atoms with Gasteiger partial charge in [0, 0.05) is 28.8 Å². The van der Waals surface area contributed by atoms with Crippen molar-refractivity contribution in [2.24, 2.45) is 5.92 Å². The molecule has 0 amide bonds. The first-order chi connectivity index (χ1) is 8.74. The second kappa shape index (κ2) is 6.37. The van der Waals surface area contributed by atoms with Crippen molar-refractivity contribution in [3.8, 4) is 0 Å². The number of aldehydes is 1. The third-order valence-corrected chi connectivity index (χ3v) is 4.59. The van der Waals surface area contributed by atoms with Crippen molar-refractivity contribution >= 4 is 27.9 Å². The lowest BCUT2D eigenvalue weighted by atomic mass is 9.98. The van der Waals surface area contributed by atoms with Crippen molar-refractivity contribution in [1.82, 2.24) is 0 Å². The molecule has 1 fully saturated rings. The number of anilines is 1. The molecule has 1 atom stereocenters. The Labute approximate surface area is 117 Å². The molecule has 1 aromatic rings. The Morgan fingerprint density at radius 1 is 1.39 bits per heavy atom. The average Bonchev–Trinajstić information content (AvgIpc) is 2.63. The Hall–Kier alpha value is -0.830. The van der Waals surface area contributed by atoms with Crippen molar-refractivity contribution in [2.75, 3.05) is 18.0 Å². The van der Waals surface area contributed by atoms with Gasteiger partial charge in [0.25, 0.3) is 0 Å². The molecule has 0 bridgehead atoms. The Balaban J connectivity index is 2.11. The Bertz CT molecular complexity index is 419. The van der Waals surface area contributed by atoms with E-state index >= 15 is 0 Å². The largest absolute Gasteiger partial charge is 0.371 e. The van der Waals surface area contributed by atoms with Crippen molar-refractivity contribution in [1.29, 1.82) is 0 Å². The number of nitrogens with zero attached hydrogens (tertiary/aromatic N) is 1. The van der Waals surface area contributed by atoms with Crippen molar-refractivity contribution in [3.63, 3.8) is 0 Å². The molecule has 18 heavy (non-hydrogen) atoms. The van der Waals surface area contributed by atoms with E-state index in [1.807, 2.05) is 6.07 Å². The SMILES string of the molecule is CCC1CCCN(c2ccc(C=O)c(Br)c2)CC1. The van der Waals surface area contributed by atoms with E-state index in [4.69, 9.17) is 0 Å². The fraction of sp³-hybridized carbons (Fsp3) is 0.533. The topological polar surface area (TPSA) is 20.3 Å². The molecule has 3 heteroatoms. The van der Waals surface area contributed by atoms with Gasteiger partial charge in [-0.2, -0.15) is 0 Å². The van der Waals surface area contributed by atoms with E-state index in [-0.39, 0.29) is 0 Å². The maximum absolute atomic E-state index is 10.8. The van der Waals surface area contributed by atoms with E-state index in [1.54, 1.807) is 0 Å². The van der Waals surface area contributed by atoms with Crippen LogP contribution in [0.15, 0.2) is 22.7 Å². The van der Waals surface area contributed by atoms with Crippen LogP contribution in [-0.2, 0) is 0 Å². The number of halogens is 1. The number of carbonyl (C=O) groups excluding carboxylic acids is 1. The summed E-state index contributed by atoms with van der Waals surface area (Å²) < 4.78 is 0.895. The summed E-state index contributed by atoms with van der Waals surface area (Å²) in [5, 5.41) is 0. The second-order valence-electron chi connectivity index (χ2n) is 5.02. The highest BCUT2D eigenvalue weighted by atomic mass is 79.9. The normalized spacial score (nSPS) is 20.6. The first-order valence-electron chi connectivity index (χ1n) is 6.74. The van der Waals surface area contributed by atoms with Crippen LogP contribution in [0.3, 0.4) is 0 Å². The predicted octanol–water partition coefficient (Wildman–Crippen LogP) is 4.28. The summed E-state index contributed by atoms with van der Waals surface area (Å²) in [6.45, 7) is 4.55. The number of hydrogen-bond acceptors (Lipinski definition) is 2. The number of rotatable bonds is 3. The fourth-order valence-corrected chi connectivity index (χ4v) is 3.10. The third kappa shape index (κ3) is 3.14. The van der Waals surface area contributed by atoms with Crippen LogP contribution in [-0.4, -0.2) is 19.4 Å². The summed E-state index contributed by atoms with van der Waals surface area (Å²) >= 11 is 3.46. The molecule has 1 aliphatic rings. The molecule has 98 valence electrons. The molecular formula is C15H20BrNO. The molecule has 2 rings (SSSR count). The molecule has 1 saturated heterocycles. The lowest BCUT2D eigenvalue weighted by Gasteiger charge is -2.23. The van der Waals surface area contributed by atoms with Gasteiger partial charge in [-0.1, -0.05) is 13.3 Å². The summed E-state index contributed by atoms with van der Waals surface area (Å²) in [5.41, 5.74) is 1.95. The van der Waals surface area contributed by atoms with E-state index in [1.165, 1.54) is 31.4 Å². The van der Waals surface area contributed by atoms with E-state index in [0.717, 1.165) is 35.3 Å². The zero-order valence-corrected chi connectivity index (χ0v) is 12.4. The number of carbonyl (C=O) groups is 1. The zero-order valence-electron chi connectivity index (χ0n) is 10.9. The molecular weight excluding hydrogens is 290 g/mol. The van der Waals surface area contributed by atoms with Crippen LogP contribution in [0.4, 0.5) is 5.69 Å². The second-order valence-corrected chi connectivity index (χ2v) is 5.87. The van der Waals surface area contributed by atoms with Crippen LogP contribution in [0.2, 0.25) is 0 Å². The van der Waals surface area contributed by atoms with Crippen LogP contribution in [0.25, 0.3) is 0 Å². The lowest BCUT2D eigenvalue weighted by Crippen LogP contribution is -2.24. The Kier molecular flexibility index (Phi) is 4.81. The van der Waals surface area contributed by atoms with E-state index in [2.05, 4.69) is 39.9 Å². The van der Waals surface area contributed by atoms with Gasteiger partial charge < -0.3 is 4.90 Å². The van der Waals surface area contributed by atoms with E-state index in [9.17, 15) is 4.79 Å². The highest BCUT2D eigenvalue weighted by Gasteiger charge is 2.16. The summed E-state index contributed by atoms with van der Waals surface area (Å²) in [5.74, 6) is 0.882. The average molecular weight is 310 g/mol. The van der Waals surface area contributed by atoms with E-state index in [0.29, 0.717) is 0 Å². The Morgan fingerprint density at radius 3 is 2.89 bits per heavy atom. The first-order valence-corrected chi connectivity index (χ1v) is 7.53.